The number of amides is 1. The number of anilines is 2. The van der Waals surface area contributed by atoms with E-state index >= 15 is 0 Å². The maximum atomic E-state index is 12.3. The highest BCUT2D eigenvalue weighted by Crippen LogP contribution is 2.16. The van der Waals surface area contributed by atoms with Gasteiger partial charge < -0.3 is 10.2 Å². The number of sulfone groups is 1. The summed E-state index contributed by atoms with van der Waals surface area (Å²) in [5.74, 6) is 0.802. The summed E-state index contributed by atoms with van der Waals surface area (Å²) >= 11 is 0. The van der Waals surface area contributed by atoms with Gasteiger partial charge in [-0.2, -0.15) is 0 Å². The van der Waals surface area contributed by atoms with Gasteiger partial charge in [-0.05, 0) is 30.3 Å². The fourth-order valence-corrected chi connectivity index (χ4v) is 3.55. The van der Waals surface area contributed by atoms with E-state index in [4.69, 9.17) is 0 Å². The number of carbonyl (C=O) groups excluding carboxylic acids is 1. The summed E-state index contributed by atoms with van der Waals surface area (Å²) in [6, 6.07) is 12.1. The Labute approximate surface area is 153 Å². The van der Waals surface area contributed by atoms with Crippen molar-refractivity contribution >= 4 is 27.2 Å². The third-order valence-electron chi connectivity index (χ3n) is 4.26. The molecule has 0 spiro atoms. The van der Waals surface area contributed by atoms with E-state index in [0.29, 0.717) is 5.69 Å². The van der Waals surface area contributed by atoms with E-state index in [9.17, 15) is 13.2 Å². The molecule has 0 aliphatic carbocycles. The standard InChI is InChI=1S/C18H22N4O3S/c1-26(24,25)16-6-4-5-15(13-16)20-18(23)14-21-9-11-22(12-10-21)17-7-2-3-8-19-17/h2-8,13H,9-12,14H2,1H3,(H,20,23). The molecule has 1 aliphatic rings. The molecule has 26 heavy (non-hydrogen) atoms. The van der Waals surface area contributed by atoms with E-state index in [1.165, 1.54) is 12.1 Å². The number of hydrogen-bond acceptors (Lipinski definition) is 6. The van der Waals surface area contributed by atoms with Gasteiger partial charge in [-0.3, -0.25) is 9.69 Å². The van der Waals surface area contributed by atoms with Crippen molar-refractivity contribution in [2.75, 3.05) is 49.2 Å². The lowest BCUT2D eigenvalue weighted by Gasteiger charge is -2.34. The van der Waals surface area contributed by atoms with Crippen LogP contribution in [0.3, 0.4) is 0 Å². The smallest absolute Gasteiger partial charge is 0.238 e. The van der Waals surface area contributed by atoms with Gasteiger partial charge in [-0.1, -0.05) is 12.1 Å². The number of pyridine rings is 1. The Bertz CT molecular complexity index is 863. The number of nitrogens with zero attached hydrogens (tertiary/aromatic N) is 3. The summed E-state index contributed by atoms with van der Waals surface area (Å²) in [6.45, 7) is 3.45. The third-order valence-corrected chi connectivity index (χ3v) is 5.37. The van der Waals surface area contributed by atoms with Gasteiger partial charge in [0.1, 0.15) is 5.82 Å². The lowest BCUT2D eigenvalue weighted by atomic mass is 10.3. The maximum Gasteiger partial charge on any atom is 0.238 e. The molecule has 3 rings (SSSR count). The number of rotatable bonds is 5. The Balaban J connectivity index is 1.52. The van der Waals surface area contributed by atoms with E-state index in [1.807, 2.05) is 18.2 Å². The van der Waals surface area contributed by atoms with Crippen LogP contribution in [0.15, 0.2) is 53.6 Å². The van der Waals surface area contributed by atoms with Gasteiger partial charge in [0.05, 0.1) is 11.4 Å². The Morgan fingerprint density at radius 1 is 1.12 bits per heavy atom. The highest BCUT2D eigenvalue weighted by Gasteiger charge is 2.20. The van der Waals surface area contributed by atoms with E-state index in [1.54, 1.807) is 18.3 Å². The molecule has 138 valence electrons. The van der Waals surface area contributed by atoms with Crippen molar-refractivity contribution in [3.05, 3.63) is 48.7 Å². The number of carbonyl (C=O) groups is 1. The number of aromatic nitrogens is 1. The third kappa shape index (κ3) is 4.80. The summed E-state index contributed by atoms with van der Waals surface area (Å²) < 4.78 is 23.2. The van der Waals surface area contributed by atoms with E-state index < -0.39 is 9.84 Å². The van der Waals surface area contributed by atoms with Gasteiger partial charge >= 0.3 is 0 Å². The van der Waals surface area contributed by atoms with Crippen molar-refractivity contribution in [3.63, 3.8) is 0 Å². The van der Waals surface area contributed by atoms with Gasteiger partial charge in [0.15, 0.2) is 9.84 Å². The number of hydrogen-bond donors (Lipinski definition) is 1. The van der Waals surface area contributed by atoms with Crippen LogP contribution in [-0.2, 0) is 14.6 Å². The molecule has 0 unspecified atom stereocenters. The van der Waals surface area contributed by atoms with Crippen LogP contribution in [0.1, 0.15) is 0 Å². The molecule has 0 radical (unpaired) electrons. The van der Waals surface area contributed by atoms with Gasteiger partial charge in [0.2, 0.25) is 5.91 Å². The first-order chi connectivity index (χ1) is 12.4. The maximum absolute atomic E-state index is 12.3. The molecule has 2 heterocycles. The molecule has 1 amide bonds. The van der Waals surface area contributed by atoms with Crippen molar-refractivity contribution in [3.8, 4) is 0 Å². The van der Waals surface area contributed by atoms with Gasteiger partial charge in [-0.25, -0.2) is 13.4 Å². The van der Waals surface area contributed by atoms with Crippen molar-refractivity contribution < 1.29 is 13.2 Å². The number of nitrogens with one attached hydrogen (secondary N) is 1. The average Bonchev–Trinajstić information content (AvgIpc) is 2.62. The van der Waals surface area contributed by atoms with Crippen LogP contribution < -0.4 is 10.2 Å². The summed E-state index contributed by atoms with van der Waals surface area (Å²) in [5, 5.41) is 2.77. The first-order valence-electron chi connectivity index (χ1n) is 8.40. The van der Waals surface area contributed by atoms with Crippen molar-refractivity contribution in [2.24, 2.45) is 0 Å². The minimum atomic E-state index is -3.29. The van der Waals surface area contributed by atoms with Crippen LogP contribution in [0.5, 0.6) is 0 Å². The number of piperazine rings is 1. The van der Waals surface area contributed by atoms with Gasteiger partial charge in [0, 0.05) is 44.3 Å². The fourth-order valence-electron chi connectivity index (χ4n) is 2.88. The minimum Gasteiger partial charge on any atom is -0.354 e. The van der Waals surface area contributed by atoms with E-state index in [-0.39, 0.29) is 17.3 Å². The van der Waals surface area contributed by atoms with Crippen LogP contribution in [0.2, 0.25) is 0 Å². The Hall–Kier alpha value is -2.45. The highest BCUT2D eigenvalue weighted by molar-refractivity contribution is 7.90. The lowest BCUT2D eigenvalue weighted by molar-refractivity contribution is -0.117. The predicted molar refractivity (Wildman–Crippen MR) is 101 cm³/mol. The molecule has 1 aliphatic heterocycles. The molecule has 7 nitrogen and oxygen atoms in total. The van der Waals surface area contributed by atoms with Crippen LogP contribution in [0.4, 0.5) is 11.5 Å². The largest absolute Gasteiger partial charge is 0.354 e. The van der Waals surface area contributed by atoms with Crippen LogP contribution in [0, 0.1) is 0 Å². The molecule has 1 saturated heterocycles. The van der Waals surface area contributed by atoms with Crippen LogP contribution >= 0.6 is 0 Å². The van der Waals surface area contributed by atoms with Gasteiger partial charge in [-0.15, -0.1) is 0 Å². The summed E-state index contributed by atoms with van der Waals surface area (Å²) in [5.41, 5.74) is 0.491. The second-order valence-electron chi connectivity index (χ2n) is 6.30. The predicted octanol–water partition coefficient (Wildman–Crippen LogP) is 1.25. The summed E-state index contributed by atoms with van der Waals surface area (Å²) in [7, 11) is -3.29. The molecule has 0 saturated carbocycles. The normalized spacial score (nSPS) is 15.7. The second-order valence-corrected chi connectivity index (χ2v) is 8.32. The molecule has 1 fully saturated rings. The zero-order valence-electron chi connectivity index (χ0n) is 14.6. The summed E-state index contributed by atoms with van der Waals surface area (Å²) in [6.07, 6.45) is 2.93. The SMILES string of the molecule is CS(=O)(=O)c1cccc(NC(=O)CN2CCN(c3ccccn3)CC2)c1. The Morgan fingerprint density at radius 2 is 1.88 bits per heavy atom. The first-order valence-corrected chi connectivity index (χ1v) is 10.3. The topological polar surface area (TPSA) is 82.6 Å². The first kappa shape index (κ1) is 18.3. The molecule has 1 aromatic carbocycles. The Kier molecular flexibility index (Phi) is 5.53. The lowest BCUT2D eigenvalue weighted by Crippen LogP contribution is -2.48. The van der Waals surface area contributed by atoms with E-state index in [0.717, 1.165) is 38.3 Å². The summed E-state index contributed by atoms with van der Waals surface area (Å²) in [4.78, 5) is 21.1. The van der Waals surface area contributed by atoms with Crippen molar-refractivity contribution in [1.82, 2.24) is 9.88 Å². The molecular formula is C18H22N4O3S. The molecule has 8 heteroatoms. The number of benzene rings is 1. The van der Waals surface area contributed by atoms with Crippen molar-refractivity contribution in [2.45, 2.75) is 4.90 Å². The second kappa shape index (κ2) is 7.84. The molecule has 2 aromatic rings. The molecule has 1 aromatic heterocycles. The Morgan fingerprint density at radius 3 is 2.54 bits per heavy atom. The fraction of sp³-hybridized carbons (Fsp3) is 0.333. The van der Waals surface area contributed by atoms with E-state index in [2.05, 4.69) is 20.1 Å². The molecular weight excluding hydrogens is 352 g/mol. The average molecular weight is 374 g/mol. The minimum absolute atomic E-state index is 0.151. The quantitative estimate of drug-likeness (QED) is 0.848. The molecule has 0 bridgehead atoms. The molecule has 1 N–H and O–H groups in total. The van der Waals surface area contributed by atoms with Gasteiger partial charge in [0.25, 0.3) is 0 Å². The van der Waals surface area contributed by atoms with Crippen LogP contribution in [-0.4, -0.2) is 63.2 Å². The zero-order chi connectivity index (χ0) is 18.6. The van der Waals surface area contributed by atoms with Crippen molar-refractivity contribution in [1.29, 1.82) is 0 Å². The highest BCUT2D eigenvalue weighted by atomic mass is 32.2. The molecule has 0 atom stereocenters. The van der Waals surface area contributed by atoms with Crippen LogP contribution in [0.25, 0.3) is 0 Å². The zero-order valence-corrected chi connectivity index (χ0v) is 15.4. The monoisotopic (exact) mass is 374 g/mol.